The molecule has 0 aliphatic carbocycles. The van der Waals surface area contributed by atoms with Crippen LogP contribution < -0.4 is 0 Å². The van der Waals surface area contributed by atoms with Gasteiger partial charge in [-0.2, -0.15) is 0 Å². The summed E-state index contributed by atoms with van der Waals surface area (Å²) in [6.07, 6.45) is 2.62. The van der Waals surface area contributed by atoms with Crippen molar-refractivity contribution in [3.05, 3.63) is 39.9 Å². The molecule has 11 heteroatoms. The van der Waals surface area contributed by atoms with E-state index >= 15 is 0 Å². The van der Waals surface area contributed by atoms with E-state index in [1.165, 1.54) is 0 Å². The summed E-state index contributed by atoms with van der Waals surface area (Å²) in [4.78, 5) is 41.8. The van der Waals surface area contributed by atoms with Crippen LogP contribution in [0, 0.1) is 16.0 Å². The quantitative estimate of drug-likeness (QED) is 0.320. The minimum atomic E-state index is -0.800. The number of hydrogen-bond donors (Lipinski definition) is 1. The minimum absolute atomic E-state index is 0.0525. The van der Waals surface area contributed by atoms with Gasteiger partial charge in [-0.15, -0.1) is 0 Å². The summed E-state index contributed by atoms with van der Waals surface area (Å²) in [7, 11) is 0. The monoisotopic (exact) mass is 491 g/mol. The number of hydrogen-bond acceptors (Lipinski definition) is 9. The average molecular weight is 492 g/mol. The molecule has 2 heterocycles. The van der Waals surface area contributed by atoms with Gasteiger partial charge in [-0.05, 0) is 43.8 Å². The molecular weight excluding hydrogens is 454 g/mol. The summed E-state index contributed by atoms with van der Waals surface area (Å²) in [5.41, 5.74) is 1.18. The van der Waals surface area contributed by atoms with Crippen molar-refractivity contribution < 1.29 is 24.4 Å². The van der Waals surface area contributed by atoms with Crippen LogP contribution in [0.15, 0.2) is 24.3 Å². The van der Waals surface area contributed by atoms with E-state index < -0.39 is 5.97 Å². The highest BCUT2D eigenvalue weighted by atomic mass is 16.6. The van der Waals surface area contributed by atoms with E-state index in [2.05, 4.69) is 14.7 Å². The van der Waals surface area contributed by atoms with Gasteiger partial charge in [0.25, 0.3) is 12.2 Å². The first-order chi connectivity index (χ1) is 16.9. The molecule has 0 aromatic heterocycles. The summed E-state index contributed by atoms with van der Waals surface area (Å²) in [5.74, 6) is -0.466. The molecule has 1 aromatic carbocycles. The fourth-order valence-corrected chi connectivity index (χ4v) is 5.03. The van der Waals surface area contributed by atoms with Crippen LogP contribution in [-0.2, 0) is 20.7 Å². The van der Waals surface area contributed by atoms with Crippen LogP contribution >= 0.6 is 0 Å². The van der Waals surface area contributed by atoms with E-state index in [1.54, 1.807) is 12.1 Å². The van der Waals surface area contributed by atoms with Crippen LogP contribution in [-0.4, -0.2) is 121 Å². The third-order valence-corrected chi connectivity index (χ3v) is 6.75. The molecule has 35 heavy (non-hydrogen) atoms. The first-order valence-corrected chi connectivity index (χ1v) is 12.3. The van der Waals surface area contributed by atoms with Gasteiger partial charge in [0.2, 0.25) is 0 Å². The normalized spacial score (nSPS) is 25.3. The lowest BCUT2D eigenvalue weighted by Gasteiger charge is -2.31. The zero-order valence-electron chi connectivity index (χ0n) is 20.3. The van der Waals surface area contributed by atoms with E-state index in [0.29, 0.717) is 18.9 Å². The fraction of sp³-hybridized carbons (Fsp3) is 0.667. The molecule has 11 nitrogen and oxygen atoms in total. The molecular formula is C24H37N5O6. The number of fused-ring (bicyclic) bond motifs is 4. The highest BCUT2D eigenvalue weighted by molar-refractivity contribution is 5.69. The number of carbonyl (C=O) groups is 2. The number of non-ortho nitro benzene ring substituents is 1. The molecule has 2 aliphatic rings. The number of nitro groups is 1. The molecule has 2 aliphatic heterocycles. The third-order valence-electron chi connectivity index (χ3n) is 6.75. The second-order valence-electron chi connectivity index (χ2n) is 9.48. The van der Waals surface area contributed by atoms with Gasteiger partial charge in [0.15, 0.2) is 0 Å². The summed E-state index contributed by atoms with van der Waals surface area (Å²) in [6.45, 7) is 8.99. The number of benzene rings is 1. The van der Waals surface area contributed by atoms with E-state index in [1.807, 2.05) is 17.0 Å². The molecule has 2 fully saturated rings. The maximum atomic E-state index is 11.4. The second kappa shape index (κ2) is 14.1. The lowest BCUT2D eigenvalue weighted by Crippen LogP contribution is -2.41. The molecule has 3 atom stereocenters. The Morgan fingerprint density at radius 3 is 2.14 bits per heavy atom. The molecule has 0 spiro atoms. The lowest BCUT2D eigenvalue weighted by molar-refractivity contribution is -0.384. The summed E-state index contributed by atoms with van der Waals surface area (Å²) in [5, 5.41) is 20.4. The van der Waals surface area contributed by atoms with Crippen molar-refractivity contribution in [3.63, 3.8) is 0 Å². The van der Waals surface area contributed by atoms with Gasteiger partial charge in [0.05, 0.1) is 11.5 Å². The molecule has 1 aromatic rings. The number of nitrogens with zero attached hydrogens (tertiary/aromatic N) is 5. The fourth-order valence-electron chi connectivity index (χ4n) is 5.03. The Morgan fingerprint density at radius 1 is 0.971 bits per heavy atom. The van der Waals surface area contributed by atoms with Crippen molar-refractivity contribution in [1.82, 2.24) is 19.6 Å². The number of rotatable bonds is 8. The Kier molecular flexibility index (Phi) is 10.9. The Labute approximate surface area is 206 Å². The summed E-state index contributed by atoms with van der Waals surface area (Å²) >= 11 is 0. The molecule has 194 valence electrons. The maximum absolute atomic E-state index is 11.4. The topological polar surface area (TPSA) is 120 Å². The molecule has 2 bridgehead atoms. The van der Waals surface area contributed by atoms with Gasteiger partial charge >= 0.3 is 5.97 Å². The van der Waals surface area contributed by atoms with Gasteiger partial charge in [0, 0.05) is 64.5 Å². The molecule has 0 saturated carbocycles. The van der Waals surface area contributed by atoms with E-state index in [-0.39, 0.29) is 23.9 Å². The average Bonchev–Trinajstić information content (AvgIpc) is 2.88. The number of aliphatic carboxylic acids is 1. The van der Waals surface area contributed by atoms with Crippen molar-refractivity contribution in [1.29, 1.82) is 0 Å². The highest BCUT2D eigenvalue weighted by Gasteiger charge is 2.23. The molecule has 2 saturated heterocycles. The van der Waals surface area contributed by atoms with Gasteiger partial charge in [-0.25, -0.2) is 0 Å². The largest absolute Gasteiger partial charge is 0.480 e. The SMILES string of the molecule is O=COCN1CCCN2CCN(CC(=O)O)CCCN(CC1)CC(Cc1ccc([N+](=O)[O-])cc1)C2. The Balaban J connectivity index is 1.78. The third kappa shape index (κ3) is 9.52. The Bertz CT molecular complexity index is 823. The summed E-state index contributed by atoms with van der Waals surface area (Å²) in [6, 6.07) is 6.84. The zero-order chi connectivity index (χ0) is 25.0. The minimum Gasteiger partial charge on any atom is -0.480 e. The number of carbonyl (C=O) groups excluding carboxylic acids is 1. The molecule has 3 unspecified atom stereocenters. The summed E-state index contributed by atoms with van der Waals surface area (Å²) < 4.78 is 5.03. The number of carboxylic acids is 1. The van der Waals surface area contributed by atoms with Crippen LogP contribution in [0.25, 0.3) is 0 Å². The smallest absolute Gasteiger partial charge is 0.317 e. The van der Waals surface area contributed by atoms with Crippen LogP contribution in [0.3, 0.4) is 0 Å². The molecule has 0 radical (unpaired) electrons. The van der Waals surface area contributed by atoms with Crippen molar-refractivity contribution in [3.8, 4) is 0 Å². The lowest BCUT2D eigenvalue weighted by atomic mass is 9.97. The number of carboxylic acid groups (broad SMARTS) is 1. The maximum Gasteiger partial charge on any atom is 0.317 e. The first-order valence-electron chi connectivity index (χ1n) is 12.3. The number of nitro benzene ring substituents is 1. The predicted octanol–water partition coefficient (Wildman–Crippen LogP) is 0.984. The van der Waals surface area contributed by atoms with Crippen LogP contribution in [0.4, 0.5) is 5.69 Å². The standard InChI is InChI=1S/C24H37N5O6/c30-20-35-19-28-10-2-8-25-11-12-27(18-24(31)32)9-1-7-26(13-14-28)17-22(16-25)15-21-3-5-23(6-4-21)29(33)34/h3-6,20,22H,1-2,7-19H2,(H,31,32). The molecule has 3 rings (SSSR count). The highest BCUT2D eigenvalue weighted by Crippen LogP contribution is 2.18. The molecule has 1 N–H and O–H groups in total. The Morgan fingerprint density at radius 2 is 1.57 bits per heavy atom. The van der Waals surface area contributed by atoms with Crippen LogP contribution in [0.5, 0.6) is 0 Å². The van der Waals surface area contributed by atoms with Crippen molar-refractivity contribution in [2.24, 2.45) is 5.92 Å². The second-order valence-corrected chi connectivity index (χ2v) is 9.48. The first kappa shape index (κ1) is 27.0. The van der Waals surface area contributed by atoms with E-state index in [9.17, 15) is 24.8 Å². The van der Waals surface area contributed by atoms with Gasteiger partial charge in [-0.3, -0.25) is 29.5 Å². The predicted molar refractivity (Wildman–Crippen MR) is 130 cm³/mol. The van der Waals surface area contributed by atoms with Gasteiger partial charge in [0.1, 0.15) is 6.73 Å². The van der Waals surface area contributed by atoms with Crippen molar-refractivity contribution in [2.45, 2.75) is 19.3 Å². The van der Waals surface area contributed by atoms with Crippen molar-refractivity contribution in [2.75, 3.05) is 78.7 Å². The van der Waals surface area contributed by atoms with E-state index in [0.717, 1.165) is 83.7 Å². The van der Waals surface area contributed by atoms with Crippen molar-refractivity contribution >= 4 is 18.1 Å². The molecule has 0 amide bonds. The van der Waals surface area contributed by atoms with Gasteiger partial charge in [-0.1, -0.05) is 12.1 Å². The van der Waals surface area contributed by atoms with E-state index in [4.69, 9.17) is 4.74 Å². The van der Waals surface area contributed by atoms with Crippen LogP contribution in [0.1, 0.15) is 18.4 Å². The Hall–Kier alpha value is -2.60. The zero-order valence-corrected chi connectivity index (χ0v) is 20.3. The van der Waals surface area contributed by atoms with Gasteiger partial charge < -0.3 is 19.6 Å². The number of ether oxygens (including phenoxy) is 1. The van der Waals surface area contributed by atoms with Crippen LogP contribution in [0.2, 0.25) is 0 Å².